The van der Waals surface area contributed by atoms with Crippen molar-refractivity contribution < 1.29 is 40.9 Å². The Morgan fingerprint density at radius 2 is 1.53 bits per heavy atom. The van der Waals surface area contributed by atoms with Gasteiger partial charge in [-0.15, -0.1) is 10.2 Å². The smallest absolute Gasteiger partial charge is 0.337 e. The van der Waals surface area contributed by atoms with Gasteiger partial charge in [0, 0.05) is 5.39 Å². The zero-order valence-electron chi connectivity index (χ0n) is 14.7. The van der Waals surface area contributed by atoms with E-state index in [1.54, 1.807) is 0 Å². The lowest BCUT2D eigenvalue weighted by Gasteiger charge is -2.09. The quantitative estimate of drug-likeness (QED) is 0.332. The van der Waals surface area contributed by atoms with E-state index in [1.807, 2.05) is 0 Å². The fourth-order valence-corrected chi connectivity index (χ4v) is 3.77. The van der Waals surface area contributed by atoms with Crippen LogP contribution in [0.3, 0.4) is 0 Å². The second kappa shape index (κ2) is 7.46. The Kier molecular flexibility index (Phi) is 5.30. The number of phenolic OH excluding ortho intramolecular Hbond substituents is 1. The average molecular weight is 452 g/mol. The zero-order chi connectivity index (χ0) is 22.3. The van der Waals surface area contributed by atoms with E-state index in [9.17, 15) is 40.9 Å². The van der Waals surface area contributed by atoms with E-state index < -0.39 is 47.4 Å². The van der Waals surface area contributed by atoms with E-state index in [1.165, 1.54) is 24.3 Å². The Balaban J connectivity index is 2.33. The molecule has 0 aromatic heterocycles. The molecule has 0 aliphatic heterocycles. The van der Waals surface area contributed by atoms with Crippen LogP contribution in [0.5, 0.6) is 5.75 Å². The third-order valence-corrected chi connectivity index (χ3v) is 5.71. The number of hydrogen-bond acceptors (Lipinski definition) is 8. The highest BCUT2D eigenvalue weighted by Crippen LogP contribution is 2.42. The molecule has 0 spiro atoms. The van der Waals surface area contributed by atoms with Gasteiger partial charge < -0.3 is 10.2 Å². The maximum Gasteiger partial charge on any atom is 0.337 e. The summed E-state index contributed by atoms with van der Waals surface area (Å²) in [5.74, 6) is -2.29. The van der Waals surface area contributed by atoms with Gasteiger partial charge in [0.15, 0.2) is 5.75 Å². The third-order valence-electron chi connectivity index (χ3n) is 3.99. The number of aromatic hydroxyl groups is 1. The minimum Gasteiger partial charge on any atom is -0.504 e. The number of rotatable bonds is 5. The molecule has 13 heteroatoms. The molecular formula is C17H12N2O9S2. The standard InChI is InChI=1S/C17H12N2O9S2/c20-16-14(30(26,27)28)8-9-7-10(29(23,24)25)5-6-11(9)15(16)19-18-13-4-2-1-3-12(13)17(21)22/h1-8,20H,(H,21,22)(H,23,24,25)(H,26,27,28). The van der Waals surface area contributed by atoms with E-state index in [-0.39, 0.29) is 22.0 Å². The fourth-order valence-electron chi connectivity index (χ4n) is 2.63. The number of hydrogen-bond donors (Lipinski definition) is 4. The summed E-state index contributed by atoms with van der Waals surface area (Å²) in [6, 6.07) is 9.30. The molecule has 0 saturated carbocycles. The molecule has 3 rings (SSSR count). The van der Waals surface area contributed by atoms with Crippen molar-refractivity contribution in [2.45, 2.75) is 9.79 Å². The summed E-state index contributed by atoms with van der Waals surface area (Å²) in [6.45, 7) is 0. The van der Waals surface area contributed by atoms with Crippen LogP contribution in [0.15, 0.2) is 68.6 Å². The SMILES string of the molecule is O=C(O)c1ccccc1N=Nc1c(O)c(S(=O)(=O)O)cc2cc(S(=O)(=O)O)ccc12. The third kappa shape index (κ3) is 4.13. The summed E-state index contributed by atoms with van der Waals surface area (Å²) in [5.41, 5.74) is -0.795. The van der Waals surface area contributed by atoms with Gasteiger partial charge in [0.25, 0.3) is 20.2 Å². The molecule has 11 nitrogen and oxygen atoms in total. The lowest BCUT2D eigenvalue weighted by molar-refractivity contribution is 0.0697. The molecule has 156 valence electrons. The second-order valence-corrected chi connectivity index (χ2v) is 8.74. The maximum absolute atomic E-state index is 11.6. The molecule has 3 aromatic rings. The Morgan fingerprint density at radius 1 is 0.867 bits per heavy atom. The molecule has 0 fully saturated rings. The van der Waals surface area contributed by atoms with Gasteiger partial charge in [0.2, 0.25) is 0 Å². The number of carboxylic acids is 1. The molecule has 3 aromatic carbocycles. The van der Waals surface area contributed by atoms with Crippen molar-refractivity contribution in [3.05, 3.63) is 54.1 Å². The fraction of sp³-hybridized carbons (Fsp3) is 0. The van der Waals surface area contributed by atoms with Crippen molar-refractivity contribution in [3.63, 3.8) is 0 Å². The molecule has 0 radical (unpaired) electrons. The van der Waals surface area contributed by atoms with Crippen LogP contribution in [0.25, 0.3) is 10.8 Å². The number of carboxylic acid groups (broad SMARTS) is 1. The van der Waals surface area contributed by atoms with Gasteiger partial charge in [-0.1, -0.05) is 18.2 Å². The molecule has 4 N–H and O–H groups in total. The zero-order valence-corrected chi connectivity index (χ0v) is 16.3. The number of aromatic carboxylic acids is 1. The average Bonchev–Trinajstić information content (AvgIpc) is 2.65. The lowest BCUT2D eigenvalue weighted by Crippen LogP contribution is -2.00. The van der Waals surface area contributed by atoms with Crippen LogP contribution < -0.4 is 0 Å². The van der Waals surface area contributed by atoms with Crippen LogP contribution in [0, 0.1) is 0 Å². The monoisotopic (exact) mass is 452 g/mol. The highest BCUT2D eigenvalue weighted by Gasteiger charge is 2.23. The van der Waals surface area contributed by atoms with Crippen molar-refractivity contribution in [2.75, 3.05) is 0 Å². The van der Waals surface area contributed by atoms with E-state index >= 15 is 0 Å². The first-order valence-electron chi connectivity index (χ1n) is 7.88. The molecular weight excluding hydrogens is 440 g/mol. The summed E-state index contributed by atoms with van der Waals surface area (Å²) in [5, 5.41) is 26.9. The highest BCUT2D eigenvalue weighted by molar-refractivity contribution is 7.86. The van der Waals surface area contributed by atoms with Crippen molar-refractivity contribution in [3.8, 4) is 5.75 Å². The number of azo groups is 1. The summed E-state index contributed by atoms with van der Waals surface area (Å²) in [4.78, 5) is 9.73. The minimum atomic E-state index is -4.96. The van der Waals surface area contributed by atoms with Gasteiger partial charge >= 0.3 is 5.97 Å². The largest absolute Gasteiger partial charge is 0.504 e. The van der Waals surface area contributed by atoms with Crippen LogP contribution in [0.2, 0.25) is 0 Å². The first-order valence-corrected chi connectivity index (χ1v) is 10.8. The highest BCUT2D eigenvalue weighted by atomic mass is 32.2. The number of fused-ring (bicyclic) bond motifs is 1. The van der Waals surface area contributed by atoms with Gasteiger partial charge in [0.05, 0.1) is 10.5 Å². The molecule has 0 aliphatic carbocycles. The van der Waals surface area contributed by atoms with Crippen molar-refractivity contribution in [1.82, 2.24) is 0 Å². The molecule has 0 saturated heterocycles. The molecule has 0 aliphatic rings. The topological polar surface area (TPSA) is 191 Å². The Hall–Kier alpha value is -3.39. The summed E-state index contributed by atoms with van der Waals surface area (Å²) < 4.78 is 64.6. The van der Waals surface area contributed by atoms with Crippen molar-refractivity contribution >= 4 is 48.4 Å². The second-order valence-electron chi connectivity index (χ2n) is 5.93. The van der Waals surface area contributed by atoms with Crippen LogP contribution in [0.1, 0.15) is 10.4 Å². The van der Waals surface area contributed by atoms with Crippen LogP contribution in [-0.4, -0.2) is 42.1 Å². The van der Waals surface area contributed by atoms with Crippen molar-refractivity contribution in [2.24, 2.45) is 10.2 Å². The van der Waals surface area contributed by atoms with Gasteiger partial charge in [-0.2, -0.15) is 16.8 Å². The lowest BCUT2D eigenvalue weighted by atomic mass is 10.1. The minimum absolute atomic E-state index is 0.0175. The summed E-state index contributed by atoms with van der Waals surface area (Å²) in [6.07, 6.45) is 0. The van der Waals surface area contributed by atoms with Gasteiger partial charge in [-0.25, -0.2) is 4.79 Å². The molecule has 0 amide bonds. The maximum atomic E-state index is 11.6. The molecule has 0 heterocycles. The van der Waals surface area contributed by atoms with Crippen LogP contribution >= 0.6 is 0 Å². The first kappa shape index (κ1) is 21.3. The number of nitrogens with zero attached hydrogens (tertiary/aromatic N) is 2. The predicted octanol–water partition coefficient (Wildman–Crippen LogP) is 3.15. The van der Waals surface area contributed by atoms with Crippen LogP contribution in [0.4, 0.5) is 11.4 Å². The van der Waals surface area contributed by atoms with Crippen molar-refractivity contribution in [1.29, 1.82) is 0 Å². The number of benzene rings is 3. The Morgan fingerprint density at radius 3 is 2.13 bits per heavy atom. The first-order chi connectivity index (χ1) is 13.9. The van der Waals surface area contributed by atoms with E-state index in [0.717, 1.165) is 24.3 Å². The Bertz CT molecular complexity index is 1430. The summed E-state index contributed by atoms with van der Waals surface area (Å²) in [7, 11) is -9.59. The molecule has 0 bridgehead atoms. The molecule has 30 heavy (non-hydrogen) atoms. The van der Waals surface area contributed by atoms with E-state index in [0.29, 0.717) is 0 Å². The van der Waals surface area contributed by atoms with Gasteiger partial charge in [-0.3, -0.25) is 9.11 Å². The van der Waals surface area contributed by atoms with Gasteiger partial charge in [-0.05, 0) is 35.7 Å². The Labute approximate surface area is 169 Å². The normalized spacial score (nSPS) is 12.5. The molecule has 0 unspecified atom stereocenters. The summed E-state index contributed by atoms with van der Waals surface area (Å²) >= 11 is 0. The predicted molar refractivity (Wildman–Crippen MR) is 103 cm³/mol. The van der Waals surface area contributed by atoms with E-state index in [2.05, 4.69) is 10.2 Å². The van der Waals surface area contributed by atoms with Crippen LogP contribution in [-0.2, 0) is 20.2 Å². The number of carbonyl (C=O) groups is 1. The number of phenols is 1. The van der Waals surface area contributed by atoms with Gasteiger partial charge in [0.1, 0.15) is 16.3 Å². The molecule has 0 atom stereocenters. The van der Waals surface area contributed by atoms with E-state index in [4.69, 9.17) is 0 Å².